The van der Waals surface area contributed by atoms with Crippen LogP contribution in [0.2, 0.25) is 0 Å². The van der Waals surface area contributed by atoms with Gasteiger partial charge >= 0.3 is 12.0 Å². The number of aryl methyl sites for hydroxylation is 1. The van der Waals surface area contributed by atoms with Gasteiger partial charge in [0, 0.05) is 37.8 Å². The minimum absolute atomic E-state index is 0.105. The number of rotatable bonds is 7. The normalized spacial score (nSPS) is 29.9. The van der Waals surface area contributed by atoms with Gasteiger partial charge in [0.15, 0.2) is 0 Å². The number of amides is 7. The molecular formula is C42H55F2N7O8. The molecule has 0 bridgehead atoms. The number of nitrogens with one attached hydrogen (secondary N) is 4. The van der Waals surface area contributed by atoms with Crippen molar-refractivity contribution in [2.24, 2.45) is 11.8 Å². The van der Waals surface area contributed by atoms with Crippen molar-refractivity contribution in [1.29, 1.82) is 0 Å². The van der Waals surface area contributed by atoms with Crippen LogP contribution in [0.5, 0.6) is 0 Å². The predicted octanol–water partition coefficient (Wildman–Crippen LogP) is 3.40. The average Bonchev–Trinajstić information content (AvgIpc) is 3.85. The lowest BCUT2D eigenvalue weighted by atomic mass is 9.91. The Hall–Kier alpha value is -5.35. The second-order valence-electron chi connectivity index (χ2n) is 16.5. The summed E-state index contributed by atoms with van der Waals surface area (Å²) in [6.45, 7) is 7.40. The lowest BCUT2D eigenvalue weighted by Crippen LogP contribution is -2.63. The summed E-state index contributed by atoms with van der Waals surface area (Å²) in [4.78, 5) is 102. The molecule has 9 atom stereocenters. The number of benzene rings is 1. The molecule has 1 unspecified atom stereocenters. The molecule has 59 heavy (non-hydrogen) atoms. The highest BCUT2D eigenvalue weighted by molar-refractivity contribution is 5.98. The standard InChI is InChI=1S/C42H55F2N7O8/c1-5-26-11-13-30(14-12-26)46-42(58)47-31(20-27-18-28(43)21-29(44)19-27)36(52)48-35-25(4)59-41(57)34-17-23(2)22-51(34)38(54)24(3)45-37(53)32-9-6-7-15-49(32)39(55)33-10-8-16-50(33)40(35)56/h11-14,18,21,23-25,27,31-35H,5-10,15-17,19-20,22H2,1-4H3,(H,45,53)(H,48,52)(H2,46,47,58)/t23-,24-,25-,27?,31-,32-,33-,34-,35-/m0/s1. The van der Waals surface area contributed by atoms with Crippen molar-refractivity contribution in [1.82, 2.24) is 30.7 Å². The van der Waals surface area contributed by atoms with Gasteiger partial charge in [-0.3, -0.25) is 24.0 Å². The number of carbonyl (C=O) groups excluding carboxylic acids is 7. The van der Waals surface area contributed by atoms with Gasteiger partial charge in [0.1, 0.15) is 54.0 Å². The first-order valence-corrected chi connectivity index (χ1v) is 20.8. The molecule has 1 aromatic carbocycles. The topological polar surface area (TPSA) is 187 Å². The largest absolute Gasteiger partial charge is 0.458 e. The SMILES string of the molecule is CCc1ccc(NC(=O)N[C@@H](CC2C=C(F)C=C(F)C2)C(=O)N[C@@H]2C(=O)N3CCC[C@H]3C(=O)N3CCCC[C@H]3C(=O)N[C@@H](C)C(=O)N3C[C@@H](C)C[C@H]3C(=O)O[C@H]2C)cc1. The summed E-state index contributed by atoms with van der Waals surface area (Å²) in [5, 5.41) is 10.7. The lowest BCUT2D eigenvalue weighted by Gasteiger charge is -2.39. The van der Waals surface area contributed by atoms with E-state index in [-0.39, 0.29) is 51.2 Å². The Kier molecular flexibility index (Phi) is 13.7. The van der Waals surface area contributed by atoms with E-state index in [2.05, 4.69) is 21.3 Å². The van der Waals surface area contributed by atoms with Crippen LogP contribution in [0.25, 0.3) is 0 Å². The van der Waals surface area contributed by atoms with Crippen molar-refractivity contribution in [2.45, 2.75) is 128 Å². The zero-order chi connectivity index (χ0) is 42.5. The molecule has 0 aromatic heterocycles. The van der Waals surface area contributed by atoms with E-state index in [1.165, 1.54) is 28.5 Å². The maximum absolute atomic E-state index is 14.7. The van der Waals surface area contributed by atoms with E-state index in [1.54, 1.807) is 12.1 Å². The van der Waals surface area contributed by atoms with Crippen LogP contribution in [0, 0.1) is 11.8 Å². The minimum atomic E-state index is -1.60. The Morgan fingerprint density at radius 2 is 1.58 bits per heavy atom. The van der Waals surface area contributed by atoms with Gasteiger partial charge in [0.25, 0.3) is 0 Å². The number of hydrogen-bond acceptors (Lipinski definition) is 8. The monoisotopic (exact) mass is 823 g/mol. The van der Waals surface area contributed by atoms with Gasteiger partial charge in [-0.15, -0.1) is 0 Å². The first-order valence-electron chi connectivity index (χ1n) is 20.8. The Morgan fingerprint density at radius 3 is 2.29 bits per heavy atom. The van der Waals surface area contributed by atoms with Crippen LogP contribution in [0.4, 0.5) is 19.3 Å². The number of urea groups is 1. The molecule has 4 heterocycles. The fourth-order valence-corrected chi connectivity index (χ4v) is 8.85. The Bertz CT molecular complexity index is 1870. The molecular weight excluding hydrogens is 768 g/mol. The number of piperidine rings is 1. The van der Waals surface area contributed by atoms with Crippen LogP contribution in [0.1, 0.15) is 84.6 Å². The van der Waals surface area contributed by atoms with Crippen molar-refractivity contribution in [2.75, 3.05) is 25.0 Å². The molecule has 4 saturated heterocycles. The van der Waals surface area contributed by atoms with Gasteiger partial charge < -0.3 is 40.7 Å². The van der Waals surface area contributed by atoms with Gasteiger partial charge in [-0.2, -0.15) is 0 Å². The van der Waals surface area contributed by atoms with Gasteiger partial charge in [-0.25, -0.2) is 18.4 Å². The van der Waals surface area contributed by atoms with Gasteiger partial charge in [-0.05, 0) is 101 Å². The van der Waals surface area contributed by atoms with E-state index in [0.717, 1.165) is 24.1 Å². The first-order chi connectivity index (χ1) is 28.1. The Balaban J connectivity index is 1.32. The van der Waals surface area contributed by atoms with E-state index in [4.69, 9.17) is 4.74 Å². The first kappa shape index (κ1) is 43.2. The molecule has 15 nitrogen and oxygen atoms in total. The molecule has 4 aliphatic heterocycles. The summed E-state index contributed by atoms with van der Waals surface area (Å²) >= 11 is 0. The summed E-state index contributed by atoms with van der Waals surface area (Å²) in [5.41, 5.74) is 1.45. The number of ether oxygens (including phenoxy) is 1. The number of halogens is 2. The number of allylic oxidation sites excluding steroid dienone is 4. The summed E-state index contributed by atoms with van der Waals surface area (Å²) < 4.78 is 34.7. The average molecular weight is 824 g/mol. The zero-order valence-corrected chi connectivity index (χ0v) is 34.0. The number of esters is 1. The van der Waals surface area contributed by atoms with Crippen molar-refractivity contribution < 1.29 is 47.1 Å². The smallest absolute Gasteiger partial charge is 0.329 e. The molecule has 4 N–H and O–H groups in total. The van der Waals surface area contributed by atoms with Crippen molar-refractivity contribution in [3.05, 3.63) is 53.6 Å². The number of hydrogen-bond donors (Lipinski definition) is 4. The predicted molar refractivity (Wildman–Crippen MR) is 211 cm³/mol. The van der Waals surface area contributed by atoms with Crippen LogP contribution in [-0.4, -0.2) is 118 Å². The maximum atomic E-state index is 14.7. The number of anilines is 1. The maximum Gasteiger partial charge on any atom is 0.329 e. The van der Waals surface area contributed by atoms with E-state index in [1.807, 2.05) is 26.0 Å². The van der Waals surface area contributed by atoms with Crippen LogP contribution in [0.3, 0.4) is 0 Å². The summed E-state index contributed by atoms with van der Waals surface area (Å²) in [6.07, 6.45) is 3.43. The molecule has 7 amide bonds. The van der Waals surface area contributed by atoms with Gasteiger partial charge in [0.05, 0.1) is 0 Å². The minimum Gasteiger partial charge on any atom is -0.458 e. The third-order valence-electron chi connectivity index (χ3n) is 12.0. The van der Waals surface area contributed by atoms with Crippen LogP contribution >= 0.6 is 0 Å². The molecule has 0 saturated carbocycles. The van der Waals surface area contributed by atoms with Crippen molar-refractivity contribution in [3.63, 3.8) is 0 Å². The molecule has 6 rings (SSSR count). The van der Waals surface area contributed by atoms with Crippen LogP contribution < -0.4 is 21.3 Å². The van der Waals surface area contributed by atoms with Crippen molar-refractivity contribution in [3.8, 4) is 0 Å². The fraction of sp³-hybridized carbons (Fsp3) is 0.595. The highest BCUT2D eigenvalue weighted by atomic mass is 19.1. The molecule has 5 aliphatic rings. The molecule has 1 aromatic rings. The van der Waals surface area contributed by atoms with Crippen molar-refractivity contribution >= 4 is 47.2 Å². The molecule has 0 radical (unpaired) electrons. The number of fused-ring (bicyclic) bond motifs is 3. The molecule has 17 heteroatoms. The van der Waals surface area contributed by atoms with Gasteiger partial charge in [0.2, 0.25) is 29.5 Å². The number of nitrogens with zero attached hydrogens (tertiary/aromatic N) is 3. The van der Waals surface area contributed by atoms with E-state index < -0.39 is 101 Å². The van der Waals surface area contributed by atoms with E-state index in [9.17, 15) is 42.3 Å². The molecule has 1 aliphatic carbocycles. The highest BCUT2D eigenvalue weighted by Crippen LogP contribution is 2.30. The van der Waals surface area contributed by atoms with Crippen LogP contribution in [-0.2, 0) is 39.9 Å². The van der Waals surface area contributed by atoms with E-state index >= 15 is 0 Å². The lowest BCUT2D eigenvalue weighted by molar-refractivity contribution is -0.163. The Morgan fingerprint density at radius 1 is 0.881 bits per heavy atom. The second-order valence-corrected chi connectivity index (χ2v) is 16.5. The molecule has 320 valence electrons. The quantitative estimate of drug-likeness (QED) is 0.302. The summed E-state index contributed by atoms with van der Waals surface area (Å²) in [7, 11) is 0. The Labute approximate surface area is 342 Å². The van der Waals surface area contributed by atoms with E-state index in [0.29, 0.717) is 31.4 Å². The number of carbonyl (C=O) groups is 7. The second kappa shape index (κ2) is 18.7. The van der Waals surface area contributed by atoms with Gasteiger partial charge in [-0.1, -0.05) is 26.0 Å². The summed E-state index contributed by atoms with van der Waals surface area (Å²) in [5.74, 6) is -6.47. The summed E-state index contributed by atoms with van der Waals surface area (Å²) in [6, 6.07) is -0.763. The highest BCUT2D eigenvalue weighted by Gasteiger charge is 2.47. The number of cyclic esters (lactones) is 1. The molecule has 0 spiro atoms. The third kappa shape index (κ3) is 10.1. The third-order valence-corrected chi connectivity index (χ3v) is 12.0. The molecule has 4 fully saturated rings. The van der Waals surface area contributed by atoms with Crippen LogP contribution in [0.15, 0.2) is 48.1 Å². The zero-order valence-electron chi connectivity index (χ0n) is 34.0. The fourth-order valence-electron chi connectivity index (χ4n) is 8.85.